The molecular weight excluding hydrogens is 556 g/mol. The third-order valence-corrected chi connectivity index (χ3v) is 10.4. The van der Waals surface area contributed by atoms with E-state index in [-0.39, 0.29) is 23.8 Å². The standard InChI is InChI=1S/C31H48N4O4S2/c1-23(2)18-39-31(38)35-22-41-21-28(35)30(37)33-27(20-40-19-25-11-7-4-8-12-25)29(36)32-26-13-15-34(16-14-26)17-24-9-5-3-6-10-24/h3,5-6,9-10,23,25-28H,4,7-8,11-22H2,1-2H3,(H,32,36)(H,33,37)/t27-,28-/m0/s1. The van der Waals surface area contributed by atoms with Gasteiger partial charge in [0.25, 0.3) is 0 Å². The normalized spacial score (nSPS) is 21.5. The molecule has 3 aliphatic rings. The number of ether oxygens (including phenoxy) is 1. The number of nitrogens with one attached hydrogen (secondary N) is 2. The summed E-state index contributed by atoms with van der Waals surface area (Å²) in [6.45, 7) is 7.07. The third kappa shape index (κ3) is 10.4. The van der Waals surface area contributed by atoms with E-state index in [9.17, 15) is 14.4 Å². The van der Waals surface area contributed by atoms with E-state index >= 15 is 0 Å². The molecule has 10 heteroatoms. The molecule has 0 aromatic heterocycles. The van der Waals surface area contributed by atoms with Crippen LogP contribution in [0.2, 0.25) is 0 Å². The highest BCUT2D eigenvalue weighted by Crippen LogP contribution is 2.27. The van der Waals surface area contributed by atoms with Crippen molar-refractivity contribution in [2.45, 2.75) is 83.5 Å². The molecule has 4 rings (SSSR count). The van der Waals surface area contributed by atoms with Crippen LogP contribution in [0.25, 0.3) is 0 Å². The second kappa shape index (κ2) is 16.7. The number of piperidine rings is 1. The summed E-state index contributed by atoms with van der Waals surface area (Å²) in [5, 5.41) is 6.28. The van der Waals surface area contributed by atoms with Crippen LogP contribution < -0.4 is 10.6 Å². The number of benzene rings is 1. The predicted octanol–water partition coefficient (Wildman–Crippen LogP) is 4.73. The highest BCUT2D eigenvalue weighted by Gasteiger charge is 2.37. The summed E-state index contributed by atoms with van der Waals surface area (Å²) in [5.41, 5.74) is 1.31. The maximum atomic E-state index is 13.5. The fourth-order valence-electron chi connectivity index (χ4n) is 5.70. The number of carbonyl (C=O) groups excluding carboxylic acids is 3. The minimum Gasteiger partial charge on any atom is -0.449 e. The number of carbonyl (C=O) groups is 3. The zero-order chi connectivity index (χ0) is 29.0. The van der Waals surface area contributed by atoms with Crippen LogP contribution in [-0.4, -0.2) is 88.7 Å². The molecule has 2 saturated heterocycles. The van der Waals surface area contributed by atoms with Crippen molar-refractivity contribution in [3.63, 3.8) is 0 Å². The molecular formula is C31H48N4O4S2. The first-order valence-corrected chi connectivity index (χ1v) is 17.7. The first-order valence-electron chi connectivity index (χ1n) is 15.3. The van der Waals surface area contributed by atoms with Crippen molar-refractivity contribution in [2.75, 3.05) is 42.8 Å². The van der Waals surface area contributed by atoms with Gasteiger partial charge in [-0.2, -0.15) is 11.8 Å². The van der Waals surface area contributed by atoms with Gasteiger partial charge in [-0.1, -0.05) is 63.4 Å². The molecule has 2 aliphatic heterocycles. The lowest BCUT2D eigenvalue weighted by Crippen LogP contribution is -2.56. The Bertz CT molecular complexity index is 968. The maximum Gasteiger partial charge on any atom is 0.411 e. The average Bonchev–Trinajstić information content (AvgIpc) is 3.48. The molecule has 2 N–H and O–H groups in total. The van der Waals surface area contributed by atoms with Crippen molar-refractivity contribution in [1.29, 1.82) is 0 Å². The second-order valence-corrected chi connectivity index (χ2v) is 14.2. The Kier molecular flexibility index (Phi) is 13.0. The van der Waals surface area contributed by atoms with Crippen molar-refractivity contribution in [3.8, 4) is 0 Å². The van der Waals surface area contributed by atoms with Crippen LogP contribution in [-0.2, 0) is 20.9 Å². The summed E-state index contributed by atoms with van der Waals surface area (Å²) in [6.07, 6.45) is 7.73. The van der Waals surface area contributed by atoms with E-state index in [1.54, 1.807) is 11.8 Å². The lowest BCUT2D eigenvalue weighted by Gasteiger charge is -2.33. The fraction of sp³-hybridized carbons (Fsp3) is 0.710. The highest BCUT2D eigenvalue weighted by molar-refractivity contribution is 7.99. The molecule has 2 heterocycles. The first kappa shape index (κ1) is 32.0. The molecule has 1 aliphatic carbocycles. The van der Waals surface area contributed by atoms with E-state index in [4.69, 9.17) is 4.74 Å². The van der Waals surface area contributed by atoms with Gasteiger partial charge in [-0.15, -0.1) is 11.8 Å². The molecule has 1 aromatic rings. The molecule has 1 saturated carbocycles. The molecule has 3 amide bonds. The summed E-state index contributed by atoms with van der Waals surface area (Å²) in [6, 6.07) is 9.33. The van der Waals surface area contributed by atoms with Gasteiger partial charge in [-0.3, -0.25) is 19.4 Å². The Hall–Kier alpha value is -1.91. The summed E-state index contributed by atoms with van der Waals surface area (Å²) in [5.74, 6) is 3.02. The van der Waals surface area contributed by atoms with Gasteiger partial charge in [0.05, 0.1) is 12.5 Å². The van der Waals surface area contributed by atoms with Crippen molar-refractivity contribution in [3.05, 3.63) is 35.9 Å². The minimum absolute atomic E-state index is 0.0989. The van der Waals surface area contributed by atoms with Gasteiger partial charge in [0.2, 0.25) is 11.8 Å². The minimum atomic E-state index is -0.627. The van der Waals surface area contributed by atoms with Gasteiger partial charge >= 0.3 is 6.09 Å². The number of nitrogens with zero attached hydrogens (tertiary/aromatic N) is 2. The van der Waals surface area contributed by atoms with Crippen molar-refractivity contribution >= 4 is 41.4 Å². The van der Waals surface area contributed by atoms with Gasteiger partial charge in [-0.05, 0) is 48.8 Å². The van der Waals surface area contributed by atoms with Crippen LogP contribution in [0.15, 0.2) is 30.3 Å². The molecule has 0 spiro atoms. The molecule has 0 bridgehead atoms. The van der Waals surface area contributed by atoms with Gasteiger partial charge in [0.1, 0.15) is 12.1 Å². The number of rotatable bonds is 12. The Morgan fingerprint density at radius 2 is 1.78 bits per heavy atom. The van der Waals surface area contributed by atoms with Crippen molar-refractivity contribution < 1.29 is 19.1 Å². The monoisotopic (exact) mass is 604 g/mol. The number of amides is 3. The maximum absolute atomic E-state index is 13.5. The Balaban J connectivity index is 1.31. The quantitative estimate of drug-likeness (QED) is 0.356. The number of likely N-dealkylation sites (tertiary alicyclic amines) is 1. The third-order valence-electron chi connectivity index (χ3n) is 8.14. The van der Waals surface area contributed by atoms with Gasteiger partial charge in [0, 0.05) is 37.2 Å². The van der Waals surface area contributed by atoms with Crippen molar-refractivity contribution in [2.24, 2.45) is 11.8 Å². The molecule has 0 unspecified atom stereocenters. The fourth-order valence-corrected chi connectivity index (χ4v) is 8.11. The van der Waals surface area contributed by atoms with Crippen LogP contribution in [0.1, 0.15) is 64.4 Å². The van der Waals surface area contributed by atoms with Gasteiger partial charge in [-0.25, -0.2) is 4.79 Å². The zero-order valence-electron chi connectivity index (χ0n) is 24.7. The van der Waals surface area contributed by atoms with Crippen molar-refractivity contribution in [1.82, 2.24) is 20.4 Å². The molecule has 2 atom stereocenters. The lowest BCUT2D eigenvalue weighted by atomic mass is 9.91. The van der Waals surface area contributed by atoms with Crippen LogP contribution >= 0.6 is 23.5 Å². The van der Waals surface area contributed by atoms with E-state index in [0.29, 0.717) is 29.9 Å². The molecule has 228 valence electrons. The van der Waals surface area contributed by atoms with Crippen LogP contribution in [0.5, 0.6) is 0 Å². The Morgan fingerprint density at radius 1 is 1.05 bits per heavy atom. The number of hydrogen-bond donors (Lipinski definition) is 2. The number of hydrogen-bond acceptors (Lipinski definition) is 7. The average molecular weight is 605 g/mol. The highest BCUT2D eigenvalue weighted by atomic mass is 32.2. The summed E-state index contributed by atoms with van der Waals surface area (Å²) < 4.78 is 5.41. The Morgan fingerprint density at radius 3 is 2.49 bits per heavy atom. The summed E-state index contributed by atoms with van der Waals surface area (Å²) in [7, 11) is 0. The topological polar surface area (TPSA) is 91.0 Å². The molecule has 8 nitrogen and oxygen atoms in total. The van der Waals surface area contributed by atoms with Gasteiger partial charge in [0.15, 0.2) is 0 Å². The smallest absolute Gasteiger partial charge is 0.411 e. The first-order chi connectivity index (χ1) is 19.9. The Labute approximate surface area is 254 Å². The van der Waals surface area contributed by atoms with E-state index in [0.717, 1.165) is 38.2 Å². The molecule has 0 radical (unpaired) electrons. The zero-order valence-corrected chi connectivity index (χ0v) is 26.4. The van der Waals surface area contributed by atoms with E-state index in [2.05, 4.69) is 39.8 Å². The van der Waals surface area contributed by atoms with Crippen LogP contribution in [0, 0.1) is 11.8 Å². The molecule has 41 heavy (non-hydrogen) atoms. The molecule has 1 aromatic carbocycles. The van der Waals surface area contributed by atoms with Crippen LogP contribution in [0.4, 0.5) is 4.79 Å². The summed E-state index contributed by atoms with van der Waals surface area (Å²) in [4.78, 5) is 43.5. The van der Waals surface area contributed by atoms with E-state index in [1.807, 2.05) is 19.9 Å². The lowest BCUT2D eigenvalue weighted by molar-refractivity contribution is -0.130. The number of thioether (sulfide) groups is 2. The largest absolute Gasteiger partial charge is 0.449 e. The second-order valence-electron chi connectivity index (χ2n) is 12.1. The predicted molar refractivity (Wildman–Crippen MR) is 168 cm³/mol. The summed E-state index contributed by atoms with van der Waals surface area (Å²) >= 11 is 3.30. The SMILES string of the molecule is CC(C)COC(=O)N1CSC[C@H]1C(=O)N[C@@H](CSCC1CCCCC1)C(=O)NC1CCN(Cc2ccccc2)CC1. The van der Waals surface area contributed by atoms with E-state index < -0.39 is 18.2 Å². The van der Waals surface area contributed by atoms with Crippen LogP contribution in [0.3, 0.4) is 0 Å². The van der Waals surface area contributed by atoms with Gasteiger partial charge < -0.3 is 15.4 Å². The molecule has 3 fully saturated rings. The van der Waals surface area contributed by atoms with E-state index in [1.165, 1.54) is 54.3 Å².